The van der Waals surface area contributed by atoms with E-state index in [1.165, 1.54) is 38.3 Å². The van der Waals surface area contributed by atoms with Crippen molar-refractivity contribution in [3.05, 3.63) is 65.5 Å². The van der Waals surface area contributed by atoms with E-state index in [4.69, 9.17) is 9.15 Å². The lowest BCUT2D eigenvalue weighted by atomic mass is 10.1. The fourth-order valence-electron chi connectivity index (χ4n) is 2.33. The minimum Gasteiger partial charge on any atom is -0.497 e. The molecule has 2 amide bonds. The lowest BCUT2D eigenvalue weighted by Gasteiger charge is -2.06. The zero-order valence-electron chi connectivity index (χ0n) is 14.1. The first-order valence-electron chi connectivity index (χ1n) is 7.70. The molecule has 0 fully saturated rings. The van der Waals surface area contributed by atoms with Gasteiger partial charge in [-0.2, -0.15) is 0 Å². The largest absolute Gasteiger partial charge is 0.497 e. The Balaban J connectivity index is 2.23. The zero-order chi connectivity index (χ0) is 18.7. The number of methoxy groups -OCH3 is 1. The second-order valence-corrected chi connectivity index (χ2v) is 5.47. The Bertz CT molecular complexity index is 1060. The number of carbonyl (C=O) groups is 2. The number of nitrogens with zero attached hydrogens (tertiary/aromatic N) is 1. The van der Waals surface area contributed by atoms with Gasteiger partial charge in [0.05, 0.1) is 12.8 Å². The minimum absolute atomic E-state index is 0.00360. The lowest BCUT2D eigenvalue weighted by molar-refractivity contribution is -0.118. The van der Waals surface area contributed by atoms with E-state index < -0.39 is 17.6 Å². The molecule has 0 radical (unpaired) electrons. The maximum atomic E-state index is 13.1. The summed E-state index contributed by atoms with van der Waals surface area (Å²) in [6.07, 6.45) is 0. The van der Waals surface area contributed by atoms with Gasteiger partial charge in [0.15, 0.2) is 0 Å². The van der Waals surface area contributed by atoms with E-state index >= 15 is 0 Å². The Labute approximate surface area is 147 Å². The van der Waals surface area contributed by atoms with Crippen molar-refractivity contribution < 1.29 is 23.1 Å². The molecule has 0 unspecified atom stereocenters. The highest BCUT2D eigenvalue weighted by molar-refractivity contribution is 6.05. The highest BCUT2D eigenvalue weighted by Crippen LogP contribution is 2.21. The van der Waals surface area contributed by atoms with Crippen LogP contribution in [0.3, 0.4) is 0 Å². The van der Waals surface area contributed by atoms with Crippen LogP contribution in [0.1, 0.15) is 17.3 Å². The SMILES string of the molecule is COc1ccc2cc(C(=O)NC(C)=O)c(=Nc3ccc(F)cc3)oc2c1. The van der Waals surface area contributed by atoms with Crippen molar-refractivity contribution in [2.24, 2.45) is 4.99 Å². The van der Waals surface area contributed by atoms with Gasteiger partial charge in [0.2, 0.25) is 11.5 Å². The van der Waals surface area contributed by atoms with Gasteiger partial charge in [-0.05, 0) is 42.5 Å². The normalized spacial score (nSPS) is 11.4. The summed E-state index contributed by atoms with van der Waals surface area (Å²) in [5.41, 5.74) is 0.928. The van der Waals surface area contributed by atoms with Gasteiger partial charge in [-0.15, -0.1) is 0 Å². The third-order valence-corrected chi connectivity index (χ3v) is 3.55. The Morgan fingerprint density at radius 1 is 1.12 bits per heavy atom. The van der Waals surface area contributed by atoms with Crippen LogP contribution in [0.25, 0.3) is 11.0 Å². The van der Waals surface area contributed by atoms with E-state index in [1.807, 2.05) is 0 Å². The van der Waals surface area contributed by atoms with Crippen molar-refractivity contribution in [2.45, 2.75) is 6.92 Å². The molecule has 0 bridgehead atoms. The van der Waals surface area contributed by atoms with Crippen LogP contribution in [0.15, 0.2) is 57.9 Å². The molecule has 1 N–H and O–H groups in total. The quantitative estimate of drug-likeness (QED) is 0.784. The van der Waals surface area contributed by atoms with E-state index in [9.17, 15) is 14.0 Å². The van der Waals surface area contributed by atoms with Crippen molar-refractivity contribution in [3.63, 3.8) is 0 Å². The average Bonchev–Trinajstić information content (AvgIpc) is 2.62. The zero-order valence-corrected chi connectivity index (χ0v) is 14.1. The molecule has 7 heteroatoms. The van der Waals surface area contributed by atoms with Gasteiger partial charge < -0.3 is 9.15 Å². The molecule has 0 aliphatic heterocycles. The van der Waals surface area contributed by atoms with E-state index in [0.717, 1.165) is 0 Å². The number of hydrogen-bond donors (Lipinski definition) is 1. The van der Waals surface area contributed by atoms with Crippen molar-refractivity contribution in [1.82, 2.24) is 5.32 Å². The topological polar surface area (TPSA) is 80.9 Å². The fraction of sp³-hybridized carbons (Fsp3) is 0.105. The fourth-order valence-corrected chi connectivity index (χ4v) is 2.33. The van der Waals surface area contributed by atoms with Gasteiger partial charge in [-0.3, -0.25) is 14.9 Å². The van der Waals surface area contributed by atoms with Crippen LogP contribution in [0.2, 0.25) is 0 Å². The third kappa shape index (κ3) is 3.77. The number of rotatable bonds is 3. The number of fused-ring (bicyclic) bond motifs is 1. The van der Waals surface area contributed by atoms with Crippen molar-refractivity contribution in [3.8, 4) is 5.75 Å². The van der Waals surface area contributed by atoms with Crippen LogP contribution >= 0.6 is 0 Å². The Kier molecular flexibility index (Phi) is 4.79. The molecule has 2 aromatic carbocycles. The number of carbonyl (C=O) groups excluding carboxylic acids is 2. The van der Waals surface area contributed by atoms with E-state index in [1.54, 1.807) is 24.3 Å². The predicted molar refractivity (Wildman–Crippen MR) is 92.5 cm³/mol. The Morgan fingerprint density at radius 3 is 2.50 bits per heavy atom. The molecule has 0 saturated carbocycles. The molecule has 6 nitrogen and oxygen atoms in total. The maximum Gasteiger partial charge on any atom is 0.263 e. The molecule has 3 rings (SSSR count). The van der Waals surface area contributed by atoms with Gasteiger partial charge in [0, 0.05) is 18.4 Å². The second-order valence-electron chi connectivity index (χ2n) is 5.47. The Hall–Kier alpha value is -3.48. The average molecular weight is 354 g/mol. The number of benzene rings is 2. The molecule has 0 aliphatic rings. The first-order chi connectivity index (χ1) is 12.5. The highest BCUT2D eigenvalue weighted by Gasteiger charge is 2.14. The van der Waals surface area contributed by atoms with Crippen LogP contribution in [0, 0.1) is 5.82 Å². The van der Waals surface area contributed by atoms with Gasteiger partial charge in [-0.1, -0.05) is 0 Å². The van der Waals surface area contributed by atoms with Crippen LogP contribution in [-0.2, 0) is 4.79 Å². The minimum atomic E-state index is -0.639. The molecule has 0 saturated heterocycles. The van der Waals surface area contributed by atoms with Crippen LogP contribution in [-0.4, -0.2) is 18.9 Å². The smallest absolute Gasteiger partial charge is 0.263 e. The standard InChI is InChI=1S/C19H15FN2O4/c1-11(23)21-18(24)16-9-12-3-8-15(25-2)10-17(12)26-19(16)22-14-6-4-13(20)5-7-14/h3-10H,1-2H3,(H,21,23,24). The van der Waals surface area contributed by atoms with Crippen LogP contribution in [0.4, 0.5) is 10.1 Å². The van der Waals surface area contributed by atoms with Crippen molar-refractivity contribution in [1.29, 1.82) is 0 Å². The summed E-state index contributed by atoms with van der Waals surface area (Å²) in [7, 11) is 1.53. The highest BCUT2D eigenvalue weighted by atomic mass is 19.1. The molecule has 3 aromatic rings. The summed E-state index contributed by atoms with van der Waals surface area (Å²) in [5.74, 6) is -0.967. The number of imide groups is 1. The van der Waals surface area contributed by atoms with Crippen molar-refractivity contribution in [2.75, 3.05) is 7.11 Å². The lowest BCUT2D eigenvalue weighted by Crippen LogP contribution is -2.32. The maximum absolute atomic E-state index is 13.1. The summed E-state index contributed by atoms with van der Waals surface area (Å²) >= 11 is 0. The van der Waals surface area contributed by atoms with Gasteiger partial charge in [0.1, 0.15) is 22.7 Å². The monoisotopic (exact) mass is 354 g/mol. The number of amides is 2. The van der Waals surface area contributed by atoms with E-state index in [2.05, 4.69) is 10.3 Å². The molecule has 1 aromatic heterocycles. The number of nitrogens with one attached hydrogen (secondary N) is 1. The summed E-state index contributed by atoms with van der Waals surface area (Å²) in [5, 5.41) is 2.84. The molecule has 0 spiro atoms. The molecule has 0 aliphatic carbocycles. The molecule has 26 heavy (non-hydrogen) atoms. The number of ether oxygens (including phenoxy) is 1. The molecular weight excluding hydrogens is 339 g/mol. The molecule has 132 valence electrons. The first-order valence-corrected chi connectivity index (χ1v) is 7.70. The van der Waals surface area contributed by atoms with E-state index in [-0.39, 0.29) is 11.1 Å². The third-order valence-electron chi connectivity index (χ3n) is 3.55. The van der Waals surface area contributed by atoms with Crippen LogP contribution < -0.4 is 15.6 Å². The number of halogens is 1. The second kappa shape index (κ2) is 7.18. The van der Waals surface area contributed by atoms with Crippen LogP contribution in [0.5, 0.6) is 5.75 Å². The summed E-state index contributed by atoms with van der Waals surface area (Å²) in [6, 6.07) is 12.1. The van der Waals surface area contributed by atoms with E-state index in [0.29, 0.717) is 22.4 Å². The molecule has 0 atom stereocenters. The molecule has 1 heterocycles. The molecular formula is C19H15FN2O4. The van der Waals surface area contributed by atoms with Crippen molar-refractivity contribution >= 4 is 28.5 Å². The first kappa shape index (κ1) is 17.3. The summed E-state index contributed by atoms with van der Waals surface area (Å²) in [6.45, 7) is 1.23. The predicted octanol–water partition coefficient (Wildman–Crippen LogP) is 3.09. The summed E-state index contributed by atoms with van der Waals surface area (Å²) < 4.78 is 24.0. The van der Waals surface area contributed by atoms with Gasteiger partial charge in [-0.25, -0.2) is 9.38 Å². The summed E-state index contributed by atoms with van der Waals surface area (Å²) in [4.78, 5) is 27.9. The van der Waals surface area contributed by atoms with Gasteiger partial charge >= 0.3 is 0 Å². The Morgan fingerprint density at radius 2 is 1.85 bits per heavy atom. The number of hydrogen-bond acceptors (Lipinski definition) is 5. The van der Waals surface area contributed by atoms with Gasteiger partial charge in [0.25, 0.3) is 5.91 Å².